The molecule has 0 unspecified atom stereocenters. The summed E-state index contributed by atoms with van der Waals surface area (Å²) in [5, 5.41) is 76.9. The van der Waals surface area contributed by atoms with Gasteiger partial charge in [0.2, 0.25) is 0 Å². The number of nitrogens with zero attached hydrogens (tertiary/aromatic N) is 2. The van der Waals surface area contributed by atoms with E-state index >= 15 is 0 Å². The van der Waals surface area contributed by atoms with E-state index in [1.165, 1.54) is 76.2 Å². The maximum Gasteiger partial charge on any atom is 0.303 e. The van der Waals surface area contributed by atoms with Crippen LogP contribution in [0.1, 0.15) is 195 Å². The third kappa shape index (κ3) is 29.4. The first-order valence-corrected chi connectivity index (χ1v) is 22.0. The smallest absolute Gasteiger partial charge is 0.303 e. The van der Waals surface area contributed by atoms with Gasteiger partial charge in [0.1, 0.15) is 17.7 Å². The maximum absolute atomic E-state index is 14.0. The number of amides is 2. The van der Waals surface area contributed by atoms with E-state index in [0.717, 1.165) is 25.7 Å². The molecular weight excluding hydrogens is 844 g/mol. The number of aliphatic carboxylic acids is 6. The van der Waals surface area contributed by atoms with Crippen molar-refractivity contribution in [2.75, 3.05) is 0 Å². The average Bonchev–Trinajstić information content (AvgIpc) is 3.21. The van der Waals surface area contributed by atoms with E-state index in [0.29, 0.717) is 13.0 Å². The molecule has 0 atom stereocenters. The van der Waals surface area contributed by atoms with Crippen LogP contribution in [0.2, 0.25) is 0 Å². The first-order chi connectivity index (χ1) is 30.1. The Bertz CT molecular complexity index is 1480. The van der Waals surface area contributed by atoms with Crippen molar-refractivity contribution in [1.82, 2.24) is 10.6 Å². The molecule has 0 bridgehead atoms. The van der Waals surface area contributed by atoms with Gasteiger partial charge in [0.25, 0.3) is 11.8 Å². The van der Waals surface area contributed by atoms with E-state index in [-0.39, 0.29) is 49.7 Å². The Balaban J connectivity index is 0.00000948. The molecule has 0 saturated heterocycles. The van der Waals surface area contributed by atoms with Gasteiger partial charge in [-0.1, -0.05) is 84.0 Å². The Morgan fingerprint density at radius 3 is 0.953 bits per heavy atom. The Kier molecular flexibility index (Phi) is 29.7. The summed E-state index contributed by atoms with van der Waals surface area (Å²) in [5.74, 6) is -9.17. The van der Waals surface area contributed by atoms with Crippen LogP contribution in [-0.2, 0) is 35.3 Å². The zero-order chi connectivity index (χ0) is 48.6. The molecule has 21 nitrogen and oxygen atoms in total. The Morgan fingerprint density at radius 2 is 0.719 bits per heavy atom. The van der Waals surface area contributed by atoms with Gasteiger partial charge in [-0.25, -0.2) is 4.57 Å². The minimum Gasteiger partial charge on any atom is -0.481 e. The van der Waals surface area contributed by atoms with E-state index in [9.17, 15) is 69.0 Å². The fourth-order valence-corrected chi connectivity index (χ4v) is 7.33. The van der Waals surface area contributed by atoms with E-state index in [1.54, 1.807) is 4.57 Å². The van der Waals surface area contributed by atoms with Crippen LogP contribution in [0, 0.1) is 15.3 Å². The molecule has 8 N–H and O–H groups in total. The molecule has 0 saturated carbocycles. The third-order valence-electron chi connectivity index (χ3n) is 10.9. The number of pyridine rings is 1. The lowest BCUT2D eigenvalue weighted by atomic mass is 9.83. The average molecular weight is 913 g/mol. The first kappa shape index (κ1) is 58.1. The number of unbranched alkanes of at least 4 members (excludes halogenated alkanes) is 13. The van der Waals surface area contributed by atoms with Crippen molar-refractivity contribution in [2.45, 2.75) is 191 Å². The van der Waals surface area contributed by atoms with Crippen LogP contribution in [0.5, 0.6) is 0 Å². The molecule has 362 valence electrons. The normalized spacial score (nSPS) is 11.1. The maximum atomic E-state index is 14.0. The highest BCUT2D eigenvalue weighted by atomic mass is 16.9. The molecule has 0 aromatic carbocycles. The van der Waals surface area contributed by atoms with Crippen molar-refractivity contribution in [3.8, 4) is 0 Å². The Hall–Kier alpha value is -5.89. The molecule has 0 spiro atoms. The van der Waals surface area contributed by atoms with Gasteiger partial charge < -0.3 is 56.6 Å². The lowest BCUT2D eigenvalue weighted by Crippen LogP contribution is -2.51. The molecule has 1 rings (SSSR count). The van der Waals surface area contributed by atoms with Crippen LogP contribution in [-0.4, -0.2) is 94.4 Å². The summed E-state index contributed by atoms with van der Waals surface area (Å²) in [4.78, 5) is 106. The second-order valence-electron chi connectivity index (χ2n) is 16.2. The molecule has 21 heteroatoms. The van der Waals surface area contributed by atoms with Gasteiger partial charge in [0, 0.05) is 56.0 Å². The van der Waals surface area contributed by atoms with Crippen molar-refractivity contribution >= 4 is 47.6 Å². The lowest BCUT2D eigenvalue weighted by Gasteiger charge is -2.34. The molecule has 64 heavy (non-hydrogen) atoms. The van der Waals surface area contributed by atoms with Gasteiger partial charge >= 0.3 is 35.8 Å². The molecule has 0 aliphatic rings. The van der Waals surface area contributed by atoms with E-state index < -0.39 is 102 Å². The highest BCUT2D eigenvalue weighted by molar-refractivity contribution is 5.99. The van der Waals surface area contributed by atoms with Crippen LogP contribution >= 0.6 is 0 Å². The Morgan fingerprint density at radius 1 is 0.484 bits per heavy atom. The third-order valence-corrected chi connectivity index (χ3v) is 10.9. The number of aromatic nitrogens is 1. The van der Waals surface area contributed by atoms with Crippen molar-refractivity contribution in [3.05, 3.63) is 44.9 Å². The summed E-state index contributed by atoms with van der Waals surface area (Å²) in [5.41, 5.74) is -3.34. The summed E-state index contributed by atoms with van der Waals surface area (Å²) < 4.78 is 1.60. The molecule has 1 heterocycles. The number of aryl methyl sites for hydroxylation is 1. The summed E-state index contributed by atoms with van der Waals surface area (Å²) in [7, 11) is 0. The van der Waals surface area contributed by atoms with E-state index in [4.69, 9.17) is 15.3 Å². The summed E-state index contributed by atoms with van der Waals surface area (Å²) in [6.45, 7) is 2.56. The van der Waals surface area contributed by atoms with Gasteiger partial charge in [0.05, 0.1) is 5.09 Å². The monoisotopic (exact) mass is 912 g/mol. The minimum absolute atomic E-state index is 0.106. The Labute approximate surface area is 372 Å². The van der Waals surface area contributed by atoms with Crippen LogP contribution < -0.4 is 15.2 Å². The number of rotatable bonds is 37. The van der Waals surface area contributed by atoms with Crippen LogP contribution in [0.15, 0.2) is 18.5 Å². The molecular formula is C43H68N4O17. The van der Waals surface area contributed by atoms with Crippen molar-refractivity contribution < 1.29 is 78.6 Å². The number of carboxylic acids is 6. The number of carboxylic acid groups (broad SMARTS) is 6. The number of nitrogens with one attached hydrogen (secondary N) is 2. The second-order valence-corrected chi connectivity index (χ2v) is 16.2. The molecule has 2 amide bonds. The number of hydrogen-bond acceptors (Lipinski definition) is 11. The molecule has 0 fully saturated rings. The SMILES string of the molecule is CCCCCCCCCCCCCCCC[n+]1cc(C(=O)NC(CCC(=O)O)(CCC(=O)O)CCC(=O)O)cc(C(=O)NC(CCC(=O)O)(CCC(=O)O)CCC(=O)O)c1.O=[N+]([O-])[O-]. The van der Waals surface area contributed by atoms with Crippen molar-refractivity contribution in [3.63, 3.8) is 0 Å². The summed E-state index contributed by atoms with van der Waals surface area (Å²) in [6.07, 6.45) is 14.1. The summed E-state index contributed by atoms with van der Waals surface area (Å²) in [6, 6.07) is 1.21. The second kappa shape index (κ2) is 32.7. The van der Waals surface area contributed by atoms with Crippen LogP contribution in [0.25, 0.3) is 0 Å². The van der Waals surface area contributed by atoms with Crippen LogP contribution in [0.4, 0.5) is 0 Å². The number of hydrogen-bond donors (Lipinski definition) is 8. The first-order valence-electron chi connectivity index (χ1n) is 22.0. The van der Waals surface area contributed by atoms with Gasteiger partial charge in [-0.2, -0.15) is 0 Å². The number of carbonyl (C=O) groups is 8. The fourth-order valence-electron chi connectivity index (χ4n) is 7.33. The van der Waals surface area contributed by atoms with Gasteiger partial charge in [-0.05, 0) is 51.0 Å². The van der Waals surface area contributed by atoms with Crippen LogP contribution in [0.3, 0.4) is 0 Å². The predicted molar refractivity (Wildman–Crippen MR) is 229 cm³/mol. The van der Waals surface area contributed by atoms with Crippen molar-refractivity contribution in [1.29, 1.82) is 0 Å². The van der Waals surface area contributed by atoms with Gasteiger partial charge in [0.15, 0.2) is 12.4 Å². The molecule has 1 aromatic heterocycles. The predicted octanol–water partition coefficient (Wildman–Crippen LogP) is 6.34. The minimum atomic E-state index is -1.75. The molecule has 1 aromatic rings. The lowest BCUT2D eigenvalue weighted by molar-refractivity contribution is -0.697. The molecule has 0 radical (unpaired) electrons. The highest BCUT2D eigenvalue weighted by Crippen LogP contribution is 2.29. The fraction of sp³-hybridized carbons (Fsp3) is 0.698. The largest absolute Gasteiger partial charge is 0.481 e. The standard InChI is InChI=1S/C43H67N3O14.NO3/c1-2-3-4-5-6-7-8-9-10-11-12-13-14-15-28-46-30-32(40(59)44-42(22-16-34(47)48,23-17-35(49)50)24-18-36(51)52)29-33(31-46)41(60)45-43(25-19-37(53)54,26-20-38(55)56)27-21-39(57)58;2-1(3)4/h29-31H,2-28H2,1H3,(H7-,44,45,47,48,49,50,51,52,53,54,55,56,57,58,59,60);/q;-1/p+1. The topological polar surface area (TPSA) is 352 Å². The molecule has 0 aliphatic heterocycles. The quantitative estimate of drug-likeness (QED) is 0.0156. The highest BCUT2D eigenvalue weighted by Gasteiger charge is 2.37. The van der Waals surface area contributed by atoms with E-state index in [1.807, 2.05) is 0 Å². The zero-order valence-electron chi connectivity index (χ0n) is 36.9. The van der Waals surface area contributed by atoms with Gasteiger partial charge in [-0.3, -0.25) is 38.4 Å². The summed E-state index contributed by atoms with van der Waals surface area (Å²) >= 11 is 0. The van der Waals surface area contributed by atoms with E-state index in [2.05, 4.69) is 17.6 Å². The van der Waals surface area contributed by atoms with Crippen molar-refractivity contribution in [2.24, 2.45) is 0 Å². The van der Waals surface area contributed by atoms with Gasteiger partial charge in [-0.15, -0.1) is 0 Å². The molecule has 0 aliphatic carbocycles. The zero-order valence-corrected chi connectivity index (χ0v) is 36.9. The number of carbonyl (C=O) groups excluding carboxylic acids is 2.